The number of rotatable bonds is 4. The molecule has 0 atom stereocenters. The quantitative estimate of drug-likeness (QED) is 0.836. The molecule has 1 heterocycles. The number of carbonyl (C=O) groups is 2. The van der Waals surface area contributed by atoms with Gasteiger partial charge in [0.2, 0.25) is 0 Å². The van der Waals surface area contributed by atoms with Crippen molar-refractivity contribution in [3.05, 3.63) is 47.5 Å². The molecule has 0 spiro atoms. The Morgan fingerprint density at radius 2 is 1.60 bits per heavy atom. The van der Waals surface area contributed by atoms with Crippen molar-refractivity contribution in [2.75, 3.05) is 13.1 Å². The van der Waals surface area contributed by atoms with Crippen molar-refractivity contribution in [3.63, 3.8) is 0 Å². The van der Waals surface area contributed by atoms with Crippen molar-refractivity contribution in [1.29, 1.82) is 0 Å². The van der Waals surface area contributed by atoms with Crippen LogP contribution in [0.3, 0.4) is 0 Å². The van der Waals surface area contributed by atoms with Crippen LogP contribution in [0.1, 0.15) is 30.4 Å². The molecule has 1 aliphatic carbocycles. The van der Waals surface area contributed by atoms with Crippen molar-refractivity contribution in [2.45, 2.75) is 38.2 Å². The highest BCUT2D eigenvalue weighted by atomic mass is 16.5. The summed E-state index contributed by atoms with van der Waals surface area (Å²) in [5.74, 6) is -1.42. The zero-order valence-corrected chi connectivity index (χ0v) is 14.2. The van der Waals surface area contributed by atoms with Gasteiger partial charge in [-0.3, -0.25) is 9.59 Å². The third kappa shape index (κ3) is 4.57. The predicted octanol–water partition coefficient (Wildman–Crippen LogP) is 2.69. The van der Waals surface area contributed by atoms with Crippen molar-refractivity contribution in [3.8, 4) is 0 Å². The first kappa shape index (κ1) is 17.4. The van der Waals surface area contributed by atoms with E-state index >= 15 is 0 Å². The van der Waals surface area contributed by atoms with Crippen LogP contribution in [0.15, 0.2) is 36.4 Å². The van der Waals surface area contributed by atoms with Crippen molar-refractivity contribution < 1.29 is 19.4 Å². The SMILES string of the molecule is C1CNC1.O=C(O)CCC(=O)OC1Cc2cccc3cccc(c23)C1. The lowest BCUT2D eigenvalue weighted by Crippen LogP contribution is -2.29. The molecule has 0 amide bonds. The molecule has 1 fully saturated rings. The zero-order chi connectivity index (χ0) is 17.6. The van der Waals surface area contributed by atoms with Gasteiger partial charge in [-0.15, -0.1) is 0 Å². The first-order valence-electron chi connectivity index (χ1n) is 8.75. The number of benzene rings is 2. The van der Waals surface area contributed by atoms with E-state index < -0.39 is 11.9 Å². The Kier molecular flexibility index (Phi) is 5.66. The number of carbonyl (C=O) groups excluding carboxylic acids is 1. The molecule has 132 valence electrons. The topological polar surface area (TPSA) is 75.6 Å². The number of esters is 1. The lowest BCUT2D eigenvalue weighted by Gasteiger charge is -2.25. The Balaban J connectivity index is 0.000000401. The summed E-state index contributed by atoms with van der Waals surface area (Å²) in [6.45, 7) is 2.50. The maximum Gasteiger partial charge on any atom is 0.306 e. The number of hydrogen-bond acceptors (Lipinski definition) is 4. The van der Waals surface area contributed by atoms with Gasteiger partial charge in [0.25, 0.3) is 0 Å². The average Bonchev–Trinajstić information content (AvgIpc) is 2.52. The molecule has 0 unspecified atom stereocenters. The third-order valence-electron chi connectivity index (χ3n) is 4.52. The molecule has 2 N–H and O–H groups in total. The van der Waals surface area contributed by atoms with E-state index in [0.717, 1.165) is 0 Å². The molecule has 0 radical (unpaired) electrons. The van der Waals surface area contributed by atoms with Crippen LogP contribution in [0.2, 0.25) is 0 Å². The zero-order valence-electron chi connectivity index (χ0n) is 14.2. The lowest BCUT2D eigenvalue weighted by molar-refractivity contribution is -0.152. The van der Waals surface area contributed by atoms with Crippen LogP contribution in [0.4, 0.5) is 0 Å². The molecule has 4 rings (SSSR count). The number of ether oxygens (including phenoxy) is 1. The molecular formula is C20H23NO4. The minimum atomic E-state index is -0.981. The Morgan fingerprint density at radius 1 is 1.04 bits per heavy atom. The smallest absolute Gasteiger partial charge is 0.306 e. The Hall–Kier alpha value is -2.40. The van der Waals surface area contributed by atoms with E-state index in [-0.39, 0.29) is 18.9 Å². The van der Waals surface area contributed by atoms with Gasteiger partial charge in [0.05, 0.1) is 12.8 Å². The lowest BCUT2D eigenvalue weighted by atomic mass is 9.87. The fourth-order valence-electron chi connectivity index (χ4n) is 3.12. The molecule has 5 nitrogen and oxygen atoms in total. The second-order valence-corrected chi connectivity index (χ2v) is 6.45. The van der Waals surface area contributed by atoms with Crippen LogP contribution < -0.4 is 5.32 Å². The van der Waals surface area contributed by atoms with Gasteiger partial charge in [0, 0.05) is 12.8 Å². The summed E-state index contributed by atoms with van der Waals surface area (Å²) >= 11 is 0. The van der Waals surface area contributed by atoms with Crippen LogP contribution >= 0.6 is 0 Å². The predicted molar refractivity (Wildman–Crippen MR) is 95.6 cm³/mol. The Bertz CT molecular complexity index is 723. The molecule has 2 aromatic rings. The molecule has 2 aliphatic rings. The molecule has 0 aromatic heterocycles. The molecule has 25 heavy (non-hydrogen) atoms. The summed E-state index contributed by atoms with van der Waals surface area (Å²) in [4.78, 5) is 22.2. The fraction of sp³-hybridized carbons (Fsp3) is 0.400. The number of nitrogens with one attached hydrogen (secondary N) is 1. The van der Waals surface area contributed by atoms with Crippen molar-refractivity contribution in [1.82, 2.24) is 5.32 Å². The fourth-order valence-corrected chi connectivity index (χ4v) is 3.12. The third-order valence-corrected chi connectivity index (χ3v) is 4.52. The maximum atomic E-state index is 11.7. The molecule has 1 saturated heterocycles. The van der Waals surface area contributed by atoms with Gasteiger partial charge < -0.3 is 15.2 Å². The monoisotopic (exact) mass is 341 g/mol. The molecule has 5 heteroatoms. The highest BCUT2D eigenvalue weighted by Gasteiger charge is 2.23. The summed E-state index contributed by atoms with van der Waals surface area (Å²) < 4.78 is 5.43. The van der Waals surface area contributed by atoms with E-state index in [1.807, 2.05) is 12.1 Å². The van der Waals surface area contributed by atoms with E-state index in [1.54, 1.807) is 0 Å². The van der Waals surface area contributed by atoms with Gasteiger partial charge in [0.15, 0.2) is 0 Å². The standard InChI is InChI=1S/C17H16O4.C3H7N/c18-15(19)7-8-16(20)21-14-9-12-5-1-3-11-4-2-6-13(10-14)17(11)12;1-2-4-3-1/h1-6,14H,7-10H2,(H,18,19);4H,1-3H2. The second kappa shape index (κ2) is 8.12. The maximum absolute atomic E-state index is 11.7. The molecule has 0 saturated carbocycles. The van der Waals surface area contributed by atoms with E-state index in [4.69, 9.17) is 9.84 Å². The average molecular weight is 341 g/mol. The first-order chi connectivity index (χ1) is 12.1. The van der Waals surface area contributed by atoms with Gasteiger partial charge in [-0.05, 0) is 41.4 Å². The van der Waals surface area contributed by atoms with Crippen LogP contribution in [-0.2, 0) is 27.2 Å². The van der Waals surface area contributed by atoms with Gasteiger partial charge >= 0.3 is 11.9 Å². The Morgan fingerprint density at radius 3 is 2.08 bits per heavy atom. The van der Waals surface area contributed by atoms with Crippen LogP contribution in [-0.4, -0.2) is 36.2 Å². The summed E-state index contributed by atoms with van der Waals surface area (Å²) in [6, 6.07) is 12.3. The number of carboxylic acids is 1. The van der Waals surface area contributed by atoms with E-state index in [0.29, 0.717) is 12.8 Å². The van der Waals surface area contributed by atoms with Crippen molar-refractivity contribution >= 4 is 22.7 Å². The van der Waals surface area contributed by atoms with E-state index in [2.05, 4.69) is 29.6 Å². The summed E-state index contributed by atoms with van der Waals surface area (Å²) in [5.41, 5.74) is 2.37. The van der Waals surface area contributed by atoms with Crippen molar-refractivity contribution in [2.24, 2.45) is 0 Å². The van der Waals surface area contributed by atoms with Crippen LogP contribution in [0, 0.1) is 0 Å². The molecule has 2 aromatic carbocycles. The van der Waals surface area contributed by atoms with E-state index in [9.17, 15) is 9.59 Å². The highest BCUT2D eigenvalue weighted by molar-refractivity contribution is 5.89. The van der Waals surface area contributed by atoms with E-state index in [1.165, 1.54) is 41.4 Å². The van der Waals surface area contributed by atoms with Gasteiger partial charge in [-0.2, -0.15) is 0 Å². The Labute approximate surface area is 147 Å². The normalized spacial score (nSPS) is 15.7. The molecular weight excluding hydrogens is 318 g/mol. The highest BCUT2D eigenvalue weighted by Crippen LogP contribution is 2.30. The van der Waals surface area contributed by atoms with Gasteiger partial charge in [-0.25, -0.2) is 0 Å². The largest absolute Gasteiger partial charge is 0.481 e. The number of hydrogen-bond donors (Lipinski definition) is 2. The molecule has 0 bridgehead atoms. The number of carboxylic acid groups (broad SMARTS) is 1. The minimum absolute atomic E-state index is 0.0717. The summed E-state index contributed by atoms with van der Waals surface area (Å²) in [6.07, 6.45) is 2.31. The first-order valence-corrected chi connectivity index (χ1v) is 8.75. The summed E-state index contributed by atoms with van der Waals surface area (Å²) in [7, 11) is 0. The van der Waals surface area contributed by atoms with Crippen LogP contribution in [0.25, 0.3) is 10.8 Å². The summed E-state index contributed by atoms with van der Waals surface area (Å²) in [5, 5.41) is 14.2. The second-order valence-electron chi connectivity index (χ2n) is 6.45. The van der Waals surface area contributed by atoms with Gasteiger partial charge in [0.1, 0.15) is 6.10 Å². The molecule has 1 aliphatic heterocycles. The number of aliphatic carboxylic acids is 1. The van der Waals surface area contributed by atoms with Crippen LogP contribution in [0.5, 0.6) is 0 Å². The van der Waals surface area contributed by atoms with Gasteiger partial charge in [-0.1, -0.05) is 36.4 Å². The minimum Gasteiger partial charge on any atom is -0.481 e.